The molecule has 0 aliphatic carbocycles. The monoisotopic (exact) mass is 340 g/mol. The predicted octanol–water partition coefficient (Wildman–Crippen LogP) is 2.28. The molecule has 0 saturated carbocycles. The van der Waals surface area contributed by atoms with Gasteiger partial charge in [-0.25, -0.2) is 12.8 Å². The Labute approximate surface area is 133 Å². The average Bonchev–Trinajstić information content (AvgIpc) is 3.13. The van der Waals surface area contributed by atoms with Crippen molar-refractivity contribution in [3.8, 4) is 11.4 Å². The lowest BCUT2D eigenvalue weighted by atomic mass is 10.1. The molecule has 0 N–H and O–H groups in total. The lowest BCUT2D eigenvalue weighted by Crippen LogP contribution is -2.21. The van der Waals surface area contributed by atoms with Crippen molar-refractivity contribution in [3.05, 3.63) is 35.5 Å². The zero-order valence-corrected chi connectivity index (χ0v) is 13.5. The van der Waals surface area contributed by atoms with Crippen LogP contribution in [-0.2, 0) is 20.3 Å². The van der Waals surface area contributed by atoms with Gasteiger partial charge >= 0.3 is 0 Å². The first-order valence-electron chi connectivity index (χ1n) is 7.34. The Bertz CT molecular complexity index is 798. The van der Waals surface area contributed by atoms with Crippen molar-refractivity contribution in [1.29, 1.82) is 0 Å². The number of aryl methyl sites for hydroxylation is 1. The number of aromatic nitrogens is 2. The molecule has 1 aliphatic heterocycles. The van der Waals surface area contributed by atoms with Gasteiger partial charge in [0.25, 0.3) is 0 Å². The smallest absolute Gasteiger partial charge is 0.242 e. The molecule has 1 aromatic carbocycles. The van der Waals surface area contributed by atoms with Crippen LogP contribution in [0.1, 0.15) is 24.3 Å². The molecule has 2 heterocycles. The number of ether oxygens (including phenoxy) is 1. The number of halogens is 1. The molecule has 8 heteroatoms. The van der Waals surface area contributed by atoms with Gasteiger partial charge in [-0.2, -0.15) is 4.98 Å². The van der Waals surface area contributed by atoms with E-state index in [0.717, 1.165) is 12.8 Å². The van der Waals surface area contributed by atoms with Gasteiger partial charge in [0.05, 0.1) is 11.9 Å². The normalized spacial score (nSPS) is 18.4. The van der Waals surface area contributed by atoms with E-state index in [1.165, 1.54) is 6.07 Å². The highest BCUT2D eigenvalue weighted by Gasteiger charge is 2.25. The summed E-state index contributed by atoms with van der Waals surface area (Å²) in [5, 5.41) is 3.72. The second-order valence-corrected chi connectivity index (χ2v) is 7.77. The van der Waals surface area contributed by atoms with E-state index in [1.807, 2.05) is 0 Å². The van der Waals surface area contributed by atoms with E-state index in [2.05, 4.69) is 10.1 Å². The van der Waals surface area contributed by atoms with Crippen LogP contribution in [0.15, 0.2) is 22.7 Å². The van der Waals surface area contributed by atoms with Gasteiger partial charge in [0.2, 0.25) is 11.7 Å². The van der Waals surface area contributed by atoms with Crippen LogP contribution in [0.2, 0.25) is 0 Å². The molecule has 1 atom stereocenters. The first-order valence-corrected chi connectivity index (χ1v) is 9.16. The summed E-state index contributed by atoms with van der Waals surface area (Å²) in [6.45, 7) is 2.25. The Morgan fingerprint density at radius 1 is 1.39 bits per heavy atom. The van der Waals surface area contributed by atoms with Gasteiger partial charge in [-0.05, 0) is 31.4 Å². The molecule has 124 valence electrons. The Kier molecular flexibility index (Phi) is 4.45. The summed E-state index contributed by atoms with van der Waals surface area (Å²) in [7, 11) is -3.40. The average molecular weight is 340 g/mol. The van der Waals surface area contributed by atoms with Crippen LogP contribution in [0.5, 0.6) is 0 Å². The maximum atomic E-state index is 13.6. The Morgan fingerprint density at radius 3 is 2.91 bits per heavy atom. The minimum Gasteiger partial charge on any atom is -0.377 e. The van der Waals surface area contributed by atoms with E-state index in [4.69, 9.17) is 9.26 Å². The SMILES string of the molecule is Cc1ccc(-c2noc(CS(=O)(=O)CC3CCCO3)n2)cc1F. The second kappa shape index (κ2) is 6.37. The third kappa shape index (κ3) is 3.94. The van der Waals surface area contributed by atoms with Gasteiger partial charge in [0, 0.05) is 12.2 Å². The van der Waals surface area contributed by atoms with Crippen molar-refractivity contribution in [3.63, 3.8) is 0 Å². The minimum absolute atomic E-state index is 0.000944. The summed E-state index contributed by atoms with van der Waals surface area (Å²) in [4.78, 5) is 4.05. The van der Waals surface area contributed by atoms with Crippen LogP contribution >= 0.6 is 0 Å². The van der Waals surface area contributed by atoms with Crippen LogP contribution in [0.25, 0.3) is 11.4 Å². The van der Waals surface area contributed by atoms with Crippen molar-refractivity contribution < 1.29 is 22.1 Å². The topological polar surface area (TPSA) is 82.3 Å². The molecule has 1 fully saturated rings. The van der Waals surface area contributed by atoms with Gasteiger partial charge in [-0.3, -0.25) is 0 Å². The number of benzene rings is 1. The van der Waals surface area contributed by atoms with E-state index in [9.17, 15) is 12.8 Å². The van der Waals surface area contributed by atoms with Gasteiger partial charge in [0.1, 0.15) is 11.6 Å². The highest BCUT2D eigenvalue weighted by Crippen LogP contribution is 2.20. The molecule has 0 amide bonds. The molecule has 3 rings (SSSR count). The number of nitrogens with zero attached hydrogens (tertiary/aromatic N) is 2. The van der Waals surface area contributed by atoms with Crippen molar-refractivity contribution in [2.24, 2.45) is 0 Å². The molecule has 6 nitrogen and oxygen atoms in total. The second-order valence-electron chi connectivity index (χ2n) is 5.67. The Morgan fingerprint density at radius 2 is 2.22 bits per heavy atom. The van der Waals surface area contributed by atoms with E-state index in [-0.39, 0.29) is 35.1 Å². The largest absolute Gasteiger partial charge is 0.377 e. The third-order valence-corrected chi connectivity index (χ3v) is 5.27. The Hall–Kier alpha value is -1.80. The summed E-state index contributed by atoms with van der Waals surface area (Å²) in [6, 6.07) is 4.56. The molecular weight excluding hydrogens is 323 g/mol. The molecule has 1 saturated heterocycles. The van der Waals surface area contributed by atoms with Gasteiger partial charge in [0.15, 0.2) is 9.84 Å². The predicted molar refractivity (Wildman–Crippen MR) is 80.9 cm³/mol. The zero-order valence-electron chi connectivity index (χ0n) is 12.7. The van der Waals surface area contributed by atoms with Crippen molar-refractivity contribution in [1.82, 2.24) is 10.1 Å². The van der Waals surface area contributed by atoms with Crippen LogP contribution in [-0.4, -0.2) is 37.0 Å². The molecule has 0 spiro atoms. The van der Waals surface area contributed by atoms with Gasteiger partial charge in [-0.1, -0.05) is 17.3 Å². The number of rotatable bonds is 5. The van der Waals surface area contributed by atoms with Crippen LogP contribution in [0.3, 0.4) is 0 Å². The van der Waals surface area contributed by atoms with Crippen molar-refractivity contribution in [2.45, 2.75) is 31.6 Å². The lowest BCUT2D eigenvalue weighted by molar-refractivity contribution is 0.127. The molecule has 2 aromatic rings. The fraction of sp³-hybridized carbons (Fsp3) is 0.467. The molecule has 1 aromatic heterocycles. The summed E-state index contributed by atoms with van der Waals surface area (Å²) >= 11 is 0. The summed E-state index contributed by atoms with van der Waals surface area (Å²) in [5.41, 5.74) is 0.955. The fourth-order valence-electron chi connectivity index (χ4n) is 2.47. The summed E-state index contributed by atoms with van der Waals surface area (Å²) < 4.78 is 48.2. The maximum absolute atomic E-state index is 13.6. The van der Waals surface area contributed by atoms with Crippen LogP contribution in [0.4, 0.5) is 4.39 Å². The summed E-state index contributed by atoms with van der Waals surface area (Å²) in [5.74, 6) is -0.594. The molecule has 1 aliphatic rings. The van der Waals surface area contributed by atoms with Crippen LogP contribution in [0, 0.1) is 12.7 Å². The first-order chi connectivity index (χ1) is 10.9. The molecule has 23 heavy (non-hydrogen) atoms. The minimum atomic E-state index is -3.40. The van der Waals surface area contributed by atoms with Crippen molar-refractivity contribution >= 4 is 9.84 Å². The number of sulfone groups is 1. The molecule has 0 radical (unpaired) electrons. The van der Waals surface area contributed by atoms with E-state index in [0.29, 0.717) is 17.7 Å². The number of hydrogen-bond acceptors (Lipinski definition) is 6. The quantitative estimate of drug-likeness (QED) is 0.830. The van der Waals surface area contributed by atoms with E-state index >= 15 is 0 Å². The Balaban J connectivity index is 1.72. The van der Waals surface area contributed by atoms with Gasteiger partial charge < -0.3 is 9.26 Å². The van der Waals surface area contributed by atoms with Gasteiger partial charge in [-0.15, -0.1) is 0 Å². The third-order valence-electron chi connectivity index (χ3n) is 3.71. The molecule has 1 unspecified atom stereocenters. The summed E-state index contributed by atoms with van der Waals surface area (Å²) in [6.07, 6.45) is 1.37. The maximum Gasteiger partial charge on any atom is 0.242 e. The van der Waals surface area contributed by atoms with Crippen LogP contribution < -0.4 is 0 Å². The van der Waals surface area contributed by atoms with Crippen molar-refractivity contribution in [2.75, 3.05) is 12.4 Å². The highest BCUT2D eigenvalue weighted by molar-refractivity contribution is 7.90. The highest BCUT2D eigenvalue weighted by atomic mass is 32.2. The lowest BCUT2D eigenvalue weighted by Gasteiger charge is -2.08. The fourth-order valence-corrected chi connectivity index (χ4v) is 3.91. The molecule has 0 bridgehead atoms. The zero-order chi connectivity index (χ0) is 16.4. The first kappa shape index (κ1) is 16.1. The van der Waals surface area contributed by atoms with E-state index < -0.39 is 9.84 Å². The molecular formula is C15H17FN2O4S. The standard InChI is InChI=1S/C15H17FN2O4S/c1-10-4-5-11(7-13(10)16)15-17-14(22-18-15)9-23(19,20)8-12-3-2-6-21-12/h4-5,7,12H,2-3,6,8-9H2,1H3. The van der Waals surface area contributed by atoms with E-state index in [1.54, 1.807) is 19.1 Å². The number of hydrogen-bond donors (Lipinski definition) is 0.